The van der Waals surface area contributed by atoms with Crippen LogP contribution in [0.1, 0.15) is 40.3 Å². The Morgan fingerprint density at radius 1 is 0.941 bits per heavy atom. The second kappa shape index (κ2) is 8.86. The summed E-state index contributed by atoms with van der Waals surface area (Å²) in [5.74, 6) is 0.951. The monoisotopic (exact) mass is 448 g/mol. The van der Waals surface area contributed by atoms with Crippen LogP contribution < -0.4 is 5.73 Å². The molecule has 3 heterocycles. The van der Waals surface area contributed by atoms with Crippen molar-refractivity contribution < 1.29 is 4.79 Å². The summed E-state index contributed by atoms with van der Waals surface area (Å²) in [6, 6.07) is 18.9. The van der Waals surface area contributed by atoms with Gasteiger partial charge in [-0.15, -0.1) is 0 Å². The van der Waals surface area contributed by atoms with Crippen molar-refractivity contribution in [2.24, 2.45) is 0 Å². The van der Waals surface area contributed by atoms with Crippen LogP contribution in [-0.4, -0.2) is 30.7 Å². The number of rotatable bonds is 5. The van der Waals surface area contributed by atoms with E-state index in [1.165, 1.54) is 0 Å². The summed E-state index contributed by atoms with van der Waals surface area (Å²) < 4.78 is 0. The van der Waals surface area contributed by atoms with E-state index >= 15 is 0 Å². The van der Waals surface area contributed by atoms with Crippen molar-refractivity contribution in [3.63, 3.8) is 0 Å². The lowest BCUT2D eigenvalue weighted by molar-refractivity contribution is 0.0666. The maximum atomic E-state index is 13.8. The van der Waals surface area contributed by atoms with Gasteiger partial charge in [-0.25, -0.2) is 15.0 Å². The van der Waals surface area contributed by atoms with Gasteiger partial charge in [0.2, 0.25) is 0 Å². The first-order valence-electron chi connectivity index (χ1n) is 11.1. The minimum Gasteiger partial charge on any atom is -0.383 e. The molecule has 2 N–H and O–H groups in total. The molecule has 5 aromatic rings. The molecule has 168 valence electrons. The first-order valence-corrected chi connectivity index (χ1v) is 11.1. The molecule has 2 aromatic carbocycles. The molecule has 0 radical (unpaired) electrons. The van der Waals surface area contributed by atoms with Crippen LogP contribution in [0.25, 0.3) is 21.8 Å². The topological polar surface area (TPSA) is 97.9 Å². The maximum Gasteiger partial charge on any atom is 0.254 e. The highest BCUT2D eigenvalue weighted by atomic mass is 16.2. The Morgan fingerprint density at radius 2 is 1.74 bits per heavy atom. The van der Waals surface area contributed by atoms with Gasteiger partial charge in [-0.2, -0.15) is 0 Å². The number of hydrogen-bond acceptors (Lipinski definition) is 6. The molecule has 0 unspecified atom stereocenters. The second-order valence-electron chi connectivity index (χ2n) is 8.35. The van der Waals surface area contributed by atoms with Gasteiger partial charge in [0.25, 0.3) is 5.91 Å². The third-order valence-electron chi connectivity index (χ3n) is 5.98. The van der Waals surface area contributed by atoms with E-state index < -0.39 is 0 Å². The molecule has 0 spiro atoms. The van der Waals surface area contributed by atoms with E-state index in [1.807, 2.05) is 62.5 Å². The number of anilines is 1. The number of fused-ring (bicyclic) bond motifs is 2. The van der Waals surface area contributed by atoms with Crippen molar-refractivity contribution in [2.75, 3.05) is 5.73 Å². The van der Waals surface area contributed by atoms with Crippen LogP contribution in [0.3, 0.4) is 0 Å². The van der Waals surface area contributed by atoms with E-state index in [1.54, 1.807) is 29.4 Å². The van der Waals surface area contributed by atoms with Crippen molar-refractivity contribution in [1.29, 1.82) is 0 Å². The van der Waals surface area contributed by atoms with E-state index in [9.17, 15) is 4.79 Å². The van der Waals surface area contributed by atoms with Gasteiger partial charge < -0.3 is 10.6 Å². The second-order valence-corrected chi connectivity index (χ2v) is 8.35. The summed E-state index contributed by atoms with van der Waals surface area (Å²) in [5, 5.41) is 1.90. The minimum atomic E-state index is -0.345. The van der Waals surface area contributed by atoms with E-state index in [0.29, 0.717) is 23.8 Å². The summed E-state index contributed by atoms with van der Waals surface area (Å²) >= 11 is 0. The highest BCUT2D eigenvalue weighted by molar-refractivity contribution is 5.98. The number of aryl methyl sites for hydroxylation is 1. The van der Waals surface area contributed by atoms with Crippen LogP contribution in [0.4, 0.5) is 5.82 Å². The van der Waals surface area contributed by atoms with Gasteiger partial charge in [0.15, 0.2) is 0 Å². The molecule has 0 fully saturated rings. The Labute approximate surface area is 197 Å². The normalized spacial score (nSPS) is 12.1. The largest absolute Gasteiger partial charge is 0.383 e. The van der Waals surface area contributed by atoms with E-state index in [2.05, 4.69) is 26.0 Å². The Hall–Kier alpha value is -4.39. The zero-order valence-corrected chi connectivity index (χ0v) is 19.0. The fraction of sp³-hybridized carbons (Fsp3) is 0.148. The van der Waals surface area contributed by atoms with Crippen LogP contribution >= 0.6 is 0 Å². The fourth-order valence-corrected chi connectivity index (χ4v) is 4.05. The molecule has 0 aliphatic carbocycles. The van der Waals surface area contributed by atoms with Gasteiger partial charge in [0.1, 0.15) is 11.6 Å². The number of hydrogen-bond donors (Lipinski definition) is 1. The van der Waals surface area contributed by atoms with Crippen LogP contribution in [0.5, 0.6) is 0 Å². The molecule has 0 saturated heterocycles. The van der Waals surface area contributed by atoms with E-state index in [0.717, 1.165) is 32.9 Å². The zero-order valence-electron chi connectivity index (χ0n) is 19.0. The maximum absolute atomic E-state index is 13.8. The summed E-state index contributed by atoms with van der Waals surface area (Å²) in [6.07, 6.45) is 5.19. The standard InChI is InChI=1S/C27H24N6O/c1-17-12-22-14-21(8-9-24(22)32-25(17)28)27(34)33(18(2)26-29-10-5-11-30-26)16-19-13-20-6-3-4-7-23(20)31-15-19/h3-15,18H,16H2,1-2H3,(H2,28,32)/t18-/m1/s1. The molecule has 0 bridgehead atoms. The SMILES string of the molecule is Cc1cc2cc(C(=O)N(Cc3cnc4ccccc4c3)[C@H](C)c3ncccn3)ccc2nc1N. The number of carbonyl (C=O) groups excluding carboxylic acids is 1. The Morgan fingerprint density at radius 3 is 2.56 bits per heavy atom. The number of aromatic nitrogens is 4. The Balaban J connectivity index is 1.54. The first kappa shape index (κ1) is 21.5. The molecule has 0 aliphatic rings. The van der Waals surface area contributed by atoms with Crippen LogP contribution in [0.15, 0.2) is 79.3 Å². The average Bonchev–Trinajstić information content (AvgIpc) is 2.87. The molecule has 0 saturated carbocycles. The van der Waals surface area contributed by atoms with Crippen molar-refractivity contribution in [2.45, 2.75) is 26.4 Å². The highest BCUT2D eigenvalue weighted by Gasteiger charge is 2.25. The first-order chi connectivity index (χ1) is 16.5. The molecule has 7 heteroatoms. The summed E-state index contributed by atoms with van der Waals surface area (Å²) in [4.78, 5) is 33.4. The Kier molecular flexibility index (Phi) is 5.59. The van der Waals surface area contributed by atoms with E-state index in [4.69, 9.17) is 5.73 Å². The van der Waals surface area contributed by atoms with E-state index in [-0.39, 0.29) is 11.9 Å². The number of pyridine rings is 2. The van der Waals surface area contributed by atoms with Crippen molar-refractivity contribution in [3.8, 4) is 0 Å². The number of benzene rings is 2. The molecular formula is C27H24N6O. The number of nitrogens with two attached hydrogens (primary N) is 1. The highest BCUT2D eigenvalue weighted by Crippen LogP contribution is 2.25. The molecular weight excluding hydrogens is 424 g/mol. The zero-order chi connectivity index (χ0) is 23.7. The molecule has 5 rings (SSSR count). The summed E-state index contributed by atoms with van der Waals surface area (Å²) in [7, 11) is 0. The van der Waals surface area contributed by atoms with Gasteiger partial charge in [-0.05, 0) is 67.4 Å². The number of amides is 1. The van der Waals surface area contributed by atoms with Gasteiger partial charge >= 0.3 is 0 Å². The average molecular weight is 449 g/mol. The molecule has 1 atom stereocenters. The molecule has 7 nitrogen and oxygen atoms in total. The lowest BCUT2D eigenvalue weighted by Crippen LogP contribution is -2.34. The smallest absolute Gasteiger partial charge is 0.254 e. The summed E-state index contributed by atoms with van der Waals surface area (Å²) in [6.45, 7) is 4.21. The van der Waals surface area contributed by atoms with Gasteiger partial charge in [-0.1, -0.05) is 18.2 Å². The number of para-hydroxylation sites is 1. The predicted octanol–water partition coefficient (Wildman–Crippen LogP) is 4.87. The predicted molar refractivity (Wildman–Crippen MR) is 133 cm³/mol. The third-order valence-corrected chi connectivity index (χ3v) is 5.98. The lowest BCUT2D eigenvalue weighted by atomic mass is 10.1. The van der Waals surface area contributed by atoms with Crippen molar-refractivity contribution in [1.82, 2.24) is 24.8 Å². The quantitative estimate of drug-likeness (QED) is 0.412. The van der Waals surface area contributed by atoms with Crippen LogP contribution in [-0.2, 0) is 6.54 Å². The summed E-state index contributed by atoms with van der Waals surface area (Å²) in [5.41, 5.74) is 10.00. The van der Waals surface area contributed by atoms with Crippen molar-refractivity contribution in [3.05, 3.63) is 102 Å². The number of nitrogen functional groups attached to an aromatic ring is 1. The van der Waals surface area contributed by atoms with Gasteiger partial charge in [0, 0.05) is 41.5 Å². The van der Waals surface area contributed by atoms with Gasteiger partial charge in [-0.3, -0.25) is 9.78 Å². The fourth-order valence-electron chi connectivity index (χ4n) is 4.05. The third kappa shape index (κ3) is 4.15. The lowest BCUT2D eigenvalue weighted by Gasteiger charge is -2.28. The minimum absolute atomic E-state index is 0.121. The molecule has 3 aromatic heterocycles. The Bertz CT molecular complexity index is 1500. The number of carbonyl (C=O) groups is 1. The van der Waals surface area contributed by atoms with Crippen LogP contribution in [0, 0.1) is 6.92 Å². The molecule has 1 amide bonds. The molecule has 34 heavy (non-hydrogen) atoms. The number of nitrogens with zero attached hydrogens (tertiary/aromatic N) is 5. The van der Waals surface area contributed by atoms with Gasteiger partial charge in [0.05, 0.1) is 17.1 Å². The molecule has 0 aliphatic heterocycles. The van der Waals surface area contributed by atoms with Crippen molar-refractivity contribution >= 4 is 33.5 Å². The van der Waals surface area contributed by atoms with Crippen LogP contribution in [0.2, 0.25) is 0 Å².